The smallest absolute Gasteiger partial charge is 0.225 e. The Morgan fingerprint density at radius 2 is 2.18 bits per heavy atom. The van der Waals surface area contributed by atoms with Crippen LogP contribution >= 0.6 is 22.7 Å². The first kappa shape index (κ1) is 15.2. The Kier molecular flexibility index (Phi) is 4.59. The van der Waals surface area contributed by atoms with Gasteiger partial charge in [0.1, 0.15) is 0 Å². The molecule has 1 N–H and O–H groups in total. The minimum atomic E-state index is -0.228. The van der Waals surface area contributed by atoms with E-state index >= 15 is 0 Å². The highest BCUT2D eigenvalue weighted by molar-refractivity contribution is 7.10. The minimum Gasteiger partial charge on any atom is -0.348 e. The molecule has 0 saturated carbocycles. The fourth-order valence-corrected chi connectivity index (χ4v) is 4.39. The second kappa shape index (κ2) is 6.62. The van der Waals surface area contributed by atoms with Crippen molar-refractivity contribution >= 4 is 34.5 Å². The zero-order valence-electron chi connectivity index (χ0n) is 12.4. The Morgan fingerprint density at radius 3 is 2.91 bits per heavy atom. The Balaban J connectivity index is 1.68. The summed E-state index contributed by atoms with van der Waals surface area (Å²) in [5.74, 6) is -0.00559. The highest BCUT2D eigenvalue weighted by Crippen LogP contribution is 2.27. The molecule has 0 fully saturated rings. The van der Waals surface area contributed by atoms with Gasteiger partial charge in [0.2, 0.25) is 11.8 Å². The molecule has 0 saturated heterocycles. The van der Waals surface area contributed by atoms with Crippen molar-refractivity contribution in [3.05, 3.63) is 44.3 Å². The van der Waals surface area contributed by atoms with Crippen LogP contribution in [0.1, 0.15) is 34.7 Å². The first-order valence-electron chi connectivity index (χ1n) is 7.27. The van der Waals surface area contributed by atoms with Gasteiger partial charge in [0.05, 0.1) is 12.5 Å². The standard InChI is InChI=1S/C16H18N2O2S2/c1-11(19)17-13(15-3-2-7-21-15)9-16(20)18-6-4-14-12(10-18)5-8-22-14/h2-3,5,7-8,13H,4,6,9-10H2,1H3,(H,17,19)/t13-/m0/s1. The molecule has 2 aromatic heterocycles. The number of carbonyl (C=O) groups excluding carboxylic acids is 2. The molecule has 22 heavy (non-hydrogen) atoms. The second-order valence-corrected chi connectivity index (χ2v) is 7.39. The van der Waals surface area contributed by atoms with Gasteiger partial charge < -0.3 is 10.2 Å². The molecule has 0 aromatic carbocycles. The molecule has 3 rings (SSSR count). The van der Waals surface area contributed by atoms with Crippen molar-refractivity contribution in [3.63, 3.8) is 0 Å². The van der Waals surface area contributed by atoms with Crippen molar-refractivity contribution < 1.29 is 9.59 Å². The second-order valence-electron chi connectivity index (χ2n) is 5.41. The highest BCUT2D eigenvalue weighted by Gasteiger charge is 2.25. The van der Waals surface area contributed by atoms with E-state index in [1.54, 1.807) is 22.7 Å². The lowest BCUT2D eigenvalue weighted by Gasteiger charge is -2.28. The molecular weight excluding hydrogens is 316 g/mol. The van der Waals surface area contributed by atoms with Crippen LogP contribution in [0.5, 0.6) is 0 Å². The topological polar surface area (TPSA) is 49.4 Å². The van der Waals surface area contributed by atoms with Crippen LogP contribution in [0.4, 0.5) is 0 Å². The molecule has 2 aromatic rings. The van der Waals surface area contributed by atoms with E-state index in [1.165, 1.54) is 17.4 Å². The molecule has 0 aliphatic carbocycles. The summed E-state index contributed by atoms with van der Waals surface area (Å²) < 4.78 is 0. The van der Waals surface area contributed by atoms with Gasteiger partial charge in [-0.3, -0.25) is 9.59 Å². The first-order chi connectivity index (χ1) is 10.6. The summed E-state index contributed by atoms with van der Waals surface area (Å²) in [6.45, 7) is 2.95. The highest BCUT2D eigenvalue weighted by atomic mass is 32.1. The number of fused-ring (bicyclic) bond motifs is 1. The SMILES string of the molecule is CC(=O)N[C@@H](CC(=O)N1CCc2sccc2C1)c1cccs1. The molecule has 2 amide bonds. The lowest BCUT2D eigenvalue weighted by Crippen LogP contribution is -2.38. The normalized spacial score (nSPS) is 15.2. The third-order valence-electron chi connectivity index (χ3n) is 3.80. The molecule has 1 aliphatic rings. The van der Waals surface area contributed by atoms with Crippen molar-refractivity contribution in [2.45, 2.75) is 32.4 Å². The van der Waals surface area contributed by atoms with Gasteiger partial charge in [0.15, 0.2) is 0 Å². The molecule has 0 unspecified atom stereocenters. The molecule has 3 heterocycles. The van der Waals surface area contributed by atoms with E-state index in [-0.39, 0.29) is 17.9 Å². The maximum Gasteiger partial charge on any atom is 0.225 e. The van der Waals surface area contributed by atoms with Gasteiger partial charge >= 0.3 is 0 Å². The van der Waals surface area contributed by atoms with Crippen molar-refractivity contribution in [1.82, 2.24) is 10.2 Å². The predicted octanol–water partition coefficient (Wildman–Crippen LogP) is 2.96. The Morgan fingerprint density at radius 1 is 1.32 bits per heavy atom. The van der Waals surface area contributed by atoms with E-state index in [2.05, 4.69) is 16.8 Å². The van der Waals surface area contributed by atoms with Gasteiger partial charge in [-0.15, -0.1) is 22.7 Å². The maximum absolute atomic E-state index is 12.6. The summed E-state index contributed by atoms with van der Waals surface area (Å²) in [6.07, 6.45) is 1.25. The van der Waals surface area contributed by atoms with E-state index in [4.69, 9.17) is 0 Å². The molecule has 6 heteroatoms. The van der Waals surface area contributed by atoms with Crippen LogP contribution in [0.25, 0.3) is 0 Å². The fourth-order valence-electron chi connectivity index (χ4n) is 2.72. The summed E-state index contributed by atoms with van der Waals surface area (Å²) in [4.78, 5) is 28.3. The molecule has 0 spiro atoms. The van der Waals surface area contributed by atoms with Gasteiger partial charge in [-0.2, -0.15) is 0 Å². The van der Waals surface area contributed by atoms with Crippen molar-refractivity contribution in [3.8, 4) is 0 Å². The molecular formula is C16H18N2O2S2. The number of hydrogen-bond acceptors (Lipinski definition) is 4. The van der Waals surface area contributed by atoms with Gasteiger partial charge in [-0.25, -0.2) is 0 Å². The van der Waals surface area contributed by atoms with E-state index in [9.17, 15) is 9.59 Å². The quantitative estimate of drug-likeness (QED) is 0.934. The Labute approximate surface area is 137 Å². The number of rotatable bonds is 4. The predicted molar refractivity (Wildman–Crippen MR) is 88.9 cm³/mol. The summed E-state index contributed by atoms with van der Waals surface area (Å²) in [7, 11) is 0. The fraction of sp³-hybridized carbons (Fsp3) is 0.375. The largest absolute Gasteiger partial charge is 0.348 e. The van der Waals surface area contributed by atoms with Crippen LogP contribution in [-0.2, 0) is 22.6 Å². The average molecular weight is 334 g/mol. The van der Waals surface area contributed by atoms with Crippen LogP contribution in [0.3, 0.4) is 0 Å². The van der Waals surface area contributed by atoms with Crippen LogP contribution in [0.15, 0.2) is 29.0 Å². The number of nitrogens with zero attached hydrogens (tertiary/aromatic N) is 1. The molecule has 1 aliphatic heterocycles. The molecule has 0 radical (unpaired) electrons. The number of nitrogens with one attached hydrogen (secondary N) is 1. The molecule has 0 bridgehead atoms. The maximum atomic E-state index is 12.6. The molecule has 116 valence electrons. The van der Waals surface area contributed by atoms with E-state index < -0.39 is 0 Å². The summed E-state index contributed by atoms with van der Waals surface area (Å²) in [6, 6.07) is 5.78. The minimum absolute atomic E-state index is 0.101. The van der Waals surface area contributed by atoms with Crippen molar-refractivity contribution in [1.29, 1.82) is 0 Å². The van der Waals surface area contributed by atoms with Gasteiger partial charge in [-0.1, -0.05) is 6.07 Å². The third kappa shape index (κ3) is 3.39. The number of hydrogen-bond donors (Lipinski definition) is 1. The number of carbonyl (C=O) groups is 2. The summed E-state index contributed by atoms with van der Waals surface area (Å²) >= 11 is 3.33. The van der Waals surface area contributed by atoms with E-state index in [0.717, 1.165) is 17.8 Å². The van der Waals surface area contributed by atoms with Crippen molar-refractivity contribution in [2.24, 2.45) is 0 Å². The van der Waals surface area contributed by atoms with Crippen LogP contribution in [0.2, 0.25) is 0 Å². The number of thiophene rings is 2. The van der Waals surface area contributed by atoms with E-state index in [1.807, 2.05) is 22.4 Å². The van der Waals surface area contributed by atoms with Gasteiger partial charge in [0.25, 0.3) is 0 Å². The summed E-state index contributed by atoms with van der Waals surface area (Å²) in [5.41, 5.74) is 1.26. The lowest BCUT2D eigenvalue weighted by molar-refractivity contribution is -0.132. The monoisotopic (exact) mass is 334 g/mol. The van der Waals surface area contributed by atoms with Crippen LogP contribution in [-0.4, -0.2) is 23.3 Å². The zero-order valence-corrected chi connectivity index (χ0v) is 14.0. The zero-order chi connectivity index (χ0) is 15.5. The van der Waals surface area contributed by atoms with Gasteiger partial charge in [-0.05, 0) is 34.9 Å². The summed E-state index contributed by atoms with van der Waals surface area (Å²) in [5, 5.41) is 6.95. The third-order valence-corrected chi connectivity index (χ3v) is 5.81. The Bertz CT molecular complexity index is 664. The Hall–Kier alpha value is -1.66. The molecule has 4 nitrogen and oxygen atoms in total. The van der Waals surface area contributed by atoms with Crippen LogP contribution < -0.4 is 5.32 Å². The van der Waals surface area contributed by atoms with Gasteiger partial charge in [0, 0.05) is 29.8 Å². The lowest BCUT2D eigenvalue weighted by atomic mass is 10.1. The molecule has 1 atom stereocenters. The first-order valence-corrected chi connectivity index (χ1v) is 9.03. The number of amides is 2. The van der Waals surface area contributed by atoms with Crippen molar-refractivity contribution in [2.75, 3.05) is 6.54 Å². The average Bonchev–Trinajstić information content (AvgIpc) is 3.16. The van der Waals surface area contributed by atoms with Crippen LogP contribution in [0, 0.1) is 0 Å². The van der Waals surface area contributed by atoms with E-state index in [0.29, 0.717) is 13.0 Å².